The van der Waals surface area contributed by atoms with Gasteiger partial charge in [-0.3, -0.25) is 0 Å². The number of aliphatic hydroxyl groups excluding tert-OH is 1. The molecule has 0 spiro atoms. The summed E-state index contributed by atoms with van der Waals surface area (Å²) in [6.07, 6.45) is 1.50. The van der Waals surface area contributed by atoms with Crippen molar-refractivity contribution in [3.05, 3.63) is 23.8 Å². The smallest absolute Gasteiger partial charge is 0.101 e. The first kappa shape index (κ1) is 13.3. The van der Waals surface area contributed by atoms with E-state index in [4.69, 9.17) is 16.1 Å². The van der Waals surface area contributed by atoms with Gasteiger partial charge in [-0.15, -0.1) is 0 Å². The number of benzene rings is 1. The molecule has 4 heteroatoms. The lowest BCUT2D eigenvalue weighted by Crippen LogP contribution is -2.35. The van der Waals surface area contributed by atoms with Gasteiger partial charge >= 0.3 is 0 Å². The Balaban J connectivity index is 2.98. The van der Waals surface area contributed by atoms with Crippen LogP contribution in [0.2, 0.25) is 0 Å². The van der Waals surface area contributed by atoms with E-state index >= 15 is 0 Å². The molecule has 0 fully saturated rings. The Kier molecular flexibility index (Phi) is 4.36. The topological polar surface area (TPSA) is 82.1 Å². The van der Waals surface area contributed by atoms with Crippen LogP contribution in [0.5, 0.6) is 0 Å². The molecule has 0 heterocycles. The van der Waals surface area contributed by atoms with Crippen LogP contribution >= 0.6 is 0 Å². The van der Waals surface area contributed by atoms with Gasteiger partial charge in [-0.1, -0.05) is 6.92 Å². The molecule has 0 aromatic heterocycles. The highest BCUT2D eigenvalue weighted by molar-refractivity contribution is 5.63. The molecule has 4 N–H and O–H groups in total. The minimum atomic E-state index is -0.212. The van der Waals surface area contributed by atoms with E-state index in [0.29, 0.717) is 17.7 Å². The first-order valence-electron chi connectivity index (χ1n) is 5.73. The molecule has 0 aliphatic heterocycles. The summed E-state index contributed by atoms with van der Waals surface area (Å²) in [5.41, 5.74) is 7.30. The van der Waals surface area contributed by atoms with E-state index in [1.807, 2.05) is 13.8 Å². The van der Waals surface area contributed by atoms with E-state index in [-0.39, 0.29) is 12.1 Å². The Hall–Kier alpha value is -1.73. The molecule has 1 atom stereocenters. The molecule has 92 valence electrons. The highest BCUT2D eigenvalue weighted by Crippen LogP contribution is 2.25. The maximum Gasteiger partial charge on any atom is 0.101 e. The molecule has 0 radical (unpaired) electrons. The van der Waals surface area contributed by atoms with Crippen LogP contribution in [0.1, 0.15) is 32.3 Å². The second kappa shape index (κ2) is 5.55. The summed E-state index contributed by atoms with van der Waals surface area (Å²) in [5.74, 6) is 0. The molecule has 0 aliphatic carbocycles. The van der Waals surface area contributed by atoms with Gasteiger partial charge in [0.2, 0.25) is 0 Å². The number of anilines is 2. The molecular weight excluding hydrogens is 214 g/mol. The number of nitrogens with zero attached hydrogens (tertiary/aromatic N) is 1. The monoisotopic (exact) mass is 233 g/mol. The second-order valence-electron chi connectivity index (χ2n) is 4.43. The van der Waals surface area contributed by atoms with Crippen LogP contribution in [0.15, 0.2) is 18.2 Å². The van der Waals surface area contributed by atoms with Gasteiger partial charge in [0.15, 0.2) is 0 Å². The fourth-order valence-electron chi connectivity index (χ4n) is 1.66. The fraction of sp³-hybridized carbons (Fsp3) is 0.462. The van der Waals surface area contributed by atoms with Gasteiger partial charge in [-0.05, 0) is 38.0 Å². The molecule has 0 amide bonds. The van der Waals surface area contributed by atoms with Crippen molar-refractivity contribution in [1.82, 2.24) is 0 Å². The minimum Gasteiger partial charge on any atom is -0.399 e. The zero-order valence-corrected chi connectivity index (χ0v) is 10.3. The van der Waals surface area contributed by atoms with Crippen molar-refractivity contribution in [3.63, 3.8) is 0 Å². The second-order valence-corrected chi connectivity index (χ2v) is 4.43. The van der Waals surface area contributed by atoms with Crippen molar-refractivity contribution in [2.24, 2.45) is 0 Å². The van der Waals surface area contributed by atoms with E-state index in [9.17, 15) is 0 Å². The highest BCUT2D eigenvalue weighted by atomic mass is 16.3. The van der Waals surface area contributed by atoms with Crippen LogP contribution in [-0.4, -0.2) is 17.3 Å². The fourth-order valence-corrected chi connectivity index (χ4v) is 1.66. The largest absolute Gasteiger partial charge is 0.399 e. The molecule has 17 heavy (non-hydrogen) atoms. The number of nitrogen functional groups attached to an aromatic ring is 1. The van der Waals surface area contributed by atoms with Crippen LogP contribution in [0.4, 0.5) is 11.4 Å². The van der Waals surface area contributed by atoms with Crippen LogP contribution in [0, 0.1) is 11.3 Å². The molecular formula is C13H19N3O. The zero-order valence-electron chi connectivity index (χ0n) is 10.3. The third-order valence-corrected chi connectivity index (χ3v) is 3.04. The van der Waals surface area contributed by atoms with Crippen LogP contribution in [0.25, 0.3) is 0 Å². The van der Waals surface area contributed by atoms with Gasteiger partial charge in [0.05, 0.1) is 11.3 Å². The maximum absolute atomic E-state index is 9.06. The molecule has 0 bridgehead atoms. The van der Waals surface area contributed by atoms with E-state index in [1.54, 1.807) is 18.2 Å². The van der Waals surface area contributed by atoms with Gasteiger partial charge < -0.3 is 16.2 Å². The molecule has 1 unspecified atom stereocenters. The lowest BCUT2D eigenvalue weighted by atomic mass is 9.94. The number of aliphatic hydroxyl groups is 1. The first-order chi connectivity index (χ1) is 8.04. The average molecular weight is 233 g/mol. The lowest BCUT2D eigenvalue weighted by Gasteiger charge is -2.30. The normalized spacial score (nSPS) is 13.8. The van der Waals surface area contributed by atoms with E-state index in [0.717, 1.165) is 12.1 Å². The summed E-state index contributed by atoms with van der Waals surface area (Å²) in [7, 11) is 0. The van der Waals surface area contributed by atoms with E-state index < -0.39 is 0 Å². The zero-order chi connectivity index (χ0) is 12.9. The Morgan fingerprint density at radius 2 is 2.24 bits per heavy atom. The van der Waals surface area contributed by atoms with Crippen molar-refractivity contribution in [2.75, 3.05) is 17.7 Å². The summed E-state index contributed by atoms with van der Waals surface area (Å²) < 4.78 is 0. The number of hydrogen-bond donors (Lipinski definition) is 3. The molecule has 0 saturated heterocycles. The minimum absolute atomic E-state index is 0.119. The molecule has 0 saturated carbocycles. The summed E-state index contributed by atoms with van der Waals surface area (Å²) in [6.45, 7) is 4.20. The highest BCUT2D eigenvalue weighted by Gasteiger charge is 2.22. The number of nitriles is 1. The maximum atomic E-state index is 9.06. The van der Waals surface area contributed by atoms with E-state index in [1.165, 1.54) is 0 Å². The lowest BCUT2D eigenvalue weighted by molar-refractivity contribution is 0.252. The molecule has 1 rings (SSSR count). The van der Waals surface area contributed by atoms with Crippen molar-refractivity contribution in [1.29, 1.82) is 5.26 Å². The van der Waals surface area contributed by atoms with Gasteiger partial charge in [0.25, 0.3) is 0 Å². The van der Waals surface area contributed by atoms with Crippen molar-refractivity contribution in [3.8, 4) is 6.07 Å². The third kappa shape index (κ3) is 3.36. The summed E-state index contributed by atoms with van der Waals surface area (Å²) in [6, 6.07) is 7.34. The summed E-state index contributed by atoms with van der Waals surface area (Å²) in [4.78, 5) is 0. The number of nitrogens with two attached hydrogens (primary N) is 1. The first-order valence-corrected chi connectivity index (χ1v) is 5.73. The van der Waals surface area contributed by atoms with Crippen LogP contribution < -0.4 is 11.1 Å². The number of nitrogens with one attached hydrogen (secondary N) is 1. The predicted molar refractivity (Wildman–Crippen MR) is 69.6 cm³/mol. The van der Waals surface area contributed by atoms with Gasteiger partial charge in [0, 0.05) is 17.8 Å². The van der Waals surface area contributed by atoms with Gasteiger partial charge in [-0.25, -0.2) is 0 Å². The summed E-state index contributed by atoms with van der Waals surface area (Å²) >= 11 is 0. The Bertz CT molecular complexity index is 425. The Labute approximate surface area is 102 Å². The molecule has 1 aromatic carbocycles. The van der Waals surface area contributed by atoms with Crippen LogP contribution in [-0.2, 0) is 0 Å². The Morgan fingerprint density at radius 1 is 1.53 bits per heavy atom. The number of rotatable bonds is 5. The molecule has 4 nitrogen and oxygen atoms in total. The van der Waals surface area contributed by atoms with Crippen molar-refractivity contribution in [2.45, 2.75) is 32.2 Å². The average Bonchev–Trinajstić information content (AvgIpc) is 2.32. The standard InChI is InChI=1S/C13H19N3O/c1-3-13(2,6-7-17)16-12-5-4-11(15)8-10(12)9-14/h4-5,8,16-17H,3,6-7,15H2,1-2H3. The third-order valence-electron chi connectivity index (χ3n) is 3.04. The number of hydrogen-bond acceptors (Lipinski definition) is 4. The predicted octanol–water partition coefficient (Wildman–Crippen LogP) is 2.10. The summed E-state index contributed by atoms with van der Waals surface area (Å²) in [5, 5.41) is 21.4. The quantitative estimate of drug-likeness (QED) is 0.680. The van der Waals surface area contributed by atoms with Crippen LogP contribution in [0.3, 0.4) is 0 Å². The van der Waals surface area contributed by atoms with Crippen molar-refractivity contribution >= 4 is 11.4 Å². The van der Waals surface area contributed by atoms with Gasteiger partial charge in [0.1, 0.15) is 6.07 Å². The molecule has 0 aliphatic rings. The van der Waals surface area contributed by atoms with Crippen molar-refractivity contribution < 1.29 is 5.11 Å². The van der Waals surface area contributed by atoms with Gasteiger partial charge in [-0.2, -0.15) is 5.26 Å². The Morgan fingerprint density at radius 3 is 2.76 bits per heavy atom. The van der Waals surface area contributed by atoms with E-state index in [2.05, 4.69) is 11.4 Å². The SMILES string of the molecule is CCC(C)(CCO)Nc1ccc(N)cc1C#N. The molecule has 1 aromatic rings.